The Balaban J connectivity index is 1.98. The molecule has 0 aliphatic carbocycles. The average Bonchev–Trinajstić information content (AvgIpc) is 2.61. The first-order valence-electron chi connectivity index (χ1n) is 7.48. The van der Waals surface area contributed by atoms with Crippen LogP contribution in [0.15, 0.2) is 48.5 Å². The molecule has 3 rings (SSSR count). The van der Waals surface area contributed by atoms with Gasteiger partial charge < -0.3 is 9.47 Å². The lowest BCUT2D eigenvalue weighted by Crippen LogP contribution is -2.34. The van der Waals surface area contributed by atoms with E-state index in [2.05, 4.69) is 27.9 Å². The molecule has 0 amide bonds. The third-order valence-corrected chi connectivity index (χ3v) is 3.87. The number of hydrogen-bond donors (Lipinski definition) is 0. The summed E-state index contributed by atoms with van der Waals surface area (Å²) in [6.45, 7) is 1.96. The summed E-state index contributed by atoms with van der Waals surface area (Å²) >= 11 is 0. The van der Waals surface area contributed by atoms with E-state index in [0.717, 1.165) is 42.4 Å². The molecule has 114 valence electrons. The van der Waals surface area contributed by atoms with Gasteiger partial charge in [0.2, 0.25) is 6.34 Å². The van der Waals surface area contributed by atoms with Gasteiger partial charge in [0.25, 0.3) is 0 Å². The van der Waals surface area contributed by atoms with Crippen LogP contribution in [0.2, 0.25) is 0 Å². The van der Waals surface area contributed by atoms with Crippen molar-refractivity contribution in [2.24, 2.45) is 0 Å². The van der Waals surface area contributed by atoms with E-state index in [0.29, 0.717) is 0 Å². The summed E-state index contributed by atoms with van der Waals surface area (Å²) in [6, 6.07) is 16.2. The van der Waals surface area contributed by atoms with Crippen molar-refractivity contribution >= 4 is 17.7 Å². The van der Waals surface area contributed by atoms with Gasteiger partial charge in [-0.25, -0.2) is 9.48 Å². The Morgan fingerprint density at radius 3 is 2.36 bits per heavy atom. The largest absolute Gasteiger partial charge is 0.492 e. The molecule has 0 saturated carbocycles. The van der Waals surface area contributed by atoms with Crippen molar-refractivity contribution in [3.63, 3.8) is 0 Å². The topological polar surface area (TPSA) is 24.7 Å². The van der Waals surface area contributed by atoms with Gasteiger partial charge in [0.15, 0.2) is 22.9 Å². The van der Waals surface area contributed by atoms with Crippen LogP contribution >= 0.6 is 0 Å². The van der Waals surface area contributed by atoms with E-state index in [1.807, 2.05) is 36.4 Å². The van der Waals surface area contributed by atoms with E-state index in [4.69, 9.17) is 9.47 Å². The van der Waals surface area contributed by atoms with Crippen molar-refractivity contribution in [1.29, 1.82) is 0 Å². The molecule has 2 aromatic rings. The molecule has 1 aliphatic heterocycles. The van der Waals surface area contributed by atoms with Crippen molar-refractivity contribution in [3.05, 3.63) is 48.5 Å². The molecule has 0 spiro atoms. The van der Waals surface area contributed by atoms with Gasteiger partial charge in [0, 0.05) is 6.42 Å². The Hall–Kier alpha value is -2.49. The monoisotopic (exact) mass is 297 g/mol. The molecule has 2 aromatic carbocycles. The number of anilines is 1. The number of para-hydroxylation sites is 4. The van der Waals surface area contributed by atoms with Gasteiger partial charge in [-0.05, 0) is 24.3 Å². The third kappa shape index (κ3) is 2.77. The predicted octanol–water partition coefficient (Wildman–Crippen LogP) is 3.29. The zero-order chi connectivity index (χ0) is 15.4. The van der Waals surface area contributed by atoms with Crippen LogP contribution in [-0.2, 0) is 0 Å². The van der Waals surface area contributed by atoms with Crippen molar-refractivity contribution < 1.29 is 14.0 Å². The fraction of sp³-hybridized carbons (Fsp3) is 0.278. The van der Waals surface area contributed by atoms with Crippen LogP contribution in [0.3, 0.4) is 0 Å². The van der Waals surface area contributed by atoms with E-state index in [9.17, 15) is 0 Å². The number of rotatable bonds is 4. The molecule has 0 fully saturated rings. The second kappa shape index (κ2) is 6.52. The second-order valence-electron chi connectivity index (χ2n) is 5.20. The van der Waals surface area contributed by atoms with Gasteiger partial charge in [-0.15, -0.1) is 0 Å². The highest BCUT2D eigenvalue weighted by Crippen LogP contribution is 2.30. The van der Waals surface area contributed by atoms with Crippen LogP contribution in [0.4, 0.5) is 11.4 Å². The molecule has 0 saturated heterocycles. The number of benzene rings is 2. The Morgan fingerprint density at radius 1 is 0.909 bits per heavy atom. The Bertz CT molecular complexity index is 682. The predicted molar refractivity (Wildman–Crippen MR) is 88.8 cm³/mol. The first-order valence-corrected chi connectivity index (χ1v) is 7.48. The van der Waals surface area contributed by atoms with E-state index in [1.54, 1.807) is 14.2 Å². The lowest BCUT2D eigenvalue weighted by Gasteiger charge is -2.22. The third-order valence-electron chi connectivity index (χ3n) is 3.87. The molecule has 0 bridgehead atoms. The van der Waals surface area contributed by atoms with Crippen molar-refractivity contribution in [3.8, 4) is 11.5 Å². The molecule has 0 aromatic heterocycles. The minimum absolute atomic E-state index is 0.889. The summed E-state index contributed by atoms with van der Waals surface area (Å²) in [5, 5.41) is 0. The van der Waals surface area contributed by atoms with E-state index >= 15 is 0 Å². The minimum Gasteiger partial charge on any atom is -0.492 e. The fourth-order valence-corrected chi connectivity index (χ4v) is 2.79. The summed E-state index contributed by atoms with van der Waals surface area (Å²) < 4.78 is 13.2. The zero-order valence-corrected chi connectivity index (χ0v) is 13.0. The zero-order valence-electron chi connectivity index (χ0n) is 13.0. The van der Waals surface area contributed by atoms with Gasteiger partial charge in [-0.2, -0.15) is 0 Å². The van der Waals surface area contributed by atoms with E-state index < -0.39 is 0 Å². The van der Waals surface area contributed by atoms with Crippen LogP contribution in [0.25, 0.3) is 0 Å². The van der Waals surface area contributed by atoms with Gasteiger partial charge in [-0.1, -0.05) is 24.3 Å². The Labute approximate surface area is 131 Å². The molecule has 0 N–H and O–H groups in total. The Kier molecular flexibility index (Phi) is 4.28. The normalized spacial score (nSPS) is 14.5. The fourth-order valence-electron chi connectivity index (χ4n) is 2.79. The first-order chi connectivity index (χ1) is 10.8. The smallest absolute Gasteiger partial charge is 0.244 e. The summed E-state index contributed by atoms with van der Waals surface area (Å²) in [5.74, 6) is 1.78. The lowest BCUT2D eigenvalue weighted by molar-refractivity contribution is -0.441. The molecular formula is C18H21N2O2+. The minimum atomic E-state index is 0.889. The van der Waals surface area contributed by atoms with Gasteiger partial charge in [0.1, 0.15) is 0 Å². The average molecular weight is 297 g/mol. The van der Waals surface area contributed by atoms with Crippen LogP contribution in [-0.4, -0.2) is 38.2 Å². The van der Waals surface area contributed by atoms with Crippen LogP contribution in [0.5, 0.6) is 11.5 Å². The molecule has 0 atom stereocenters. The van der Waals surface area contributed by atoms with Crippen LogP contribution in [0.1, 0.15) is 6.42 Å². The van der Waals surface area contributed by atoms with Gasteiger partial charge in [0.05, 0.1) is 27.3 Å². The van der Waals surface area contributed by atoms with E-state index in [-0.39, 0.29) is 0 Å². The molecular weight excluding hydrogens is 276 g/mol. The molecule has 0 radical (unpaired) electrons. The van der Waals surface area contributed by atoms with Crippen LogP contribution in [0, 0.1) is 0 Å². The Morgan fingerprint density at radius 2 is 1.59 bits per heavy atom. The summed E-state index contributed by atoms with van der Waals surface area (Å²) in [7, 11) is 3.42. The summed E-state index contributed by atoms with van der Waals surface area (Å²) in [5.41, 5.74) is 2.18. The highest BCUT2D eigenvalue weighted by molar-refractivity contribution is 5.80. The standard InChI is InChI=1S/C18H21N2O2/c1-21-17-10-5-3-8-15(17)19-12-7-13-20(14-19)16-9-4-6-11-18(16)22-2/h3-6,8-11,14H,7,12-13H2,1-2H3/q+1. The first kappa shape index (κ1) is 14.4. The van der Waals surface area contributed by atoms with E-state index in [1.165, 1.54) is 0 Å². The number of ether oxygens (including phenoxy) is 2. The van der Waals surface area contributed by atoms with Crippen molar-refractivity contribution in [2.75, 3.05) is 32.2 Å². The molecule has 0 unspecified atom stereocenters. The highest BCUT2D eigenvalue weighted by Gasteiger charge is 2.23. The maximum atomic E-state index is 5.48. The van der Waals surface area contributed by atoms with Crippen molar-refractivity contribution in [2.45, 2.75) is 6.42 Å². The van der Waals surface area contributed by atoms with Gasteiger partial charge >= 0.3 is 0 Å². The lowest BCUT2D eigenvalue weighted by atomic mass is 10.2. The second-order valence-corrected chi connectivity index (χ2v) is 5.20. The van der Waals surface area contributed by atoms with Gasteiger partial charge in [-0.3, -0.25) is 0 Å². The quantitative estimate of drug-likeness (QED) is 0.810. The van der Waals surface area contributed by atoms with Crippen molar-refractivity contribution in [1.82, 2.24) is 0 Å². The summed E-state index contributed by atoms with van der Waals surface area (Å²) in [4.78, 5) is 2.23. The highest BCUT2D eigenvalue weighted by atomic mass is 16.5. The molecule has 1 heterocycles. The van der Waals surface area contributed by atoms with Crippen LogP contribution < -0.4 is 14.4 Å². The molecule has 4 nitrogen and oxygen atoms in total. The SMILES string of the molecule is COc1ccccc1N1C=[N+](c2ccccc2OC)CCC1. The molecule has 22 heavy (non-hydrogen) atoms. The number of methoxy groups -OCH3 is 2. The maximum Gasteiger partial charge on any atom is 0.244 e. The molecule has 1 aliphatic rings. The molecule has 4 heteroatoms. The summed E-state index contributed by atoms with van der Waals surface area (Å²) in [6.07, 6.45) is 3.21. The maximum absolute atomic E-state index is 5.48. The number of nitrogens with zero attached hydrogens (tertiary/aromatic N) is 2. The number of hydrogen-bond acceptors (Lipinski definition) is 3.